The van der Waals surface area contributed by atoms with Gasteiger partial charge in [0.15, 0.2) is 5.75 Å². The highest BCUT2D eigenvalue weighted by Crippen LogP contribution is 2.36. The van der Waals surface area contributed by atoms with E-state index >= 15 is 0 Å². The lowest BCUT2D eigenvalue weighted by Gasteiger charge is -2.23. The van der Waals surface area contributed by atoms with Gasteiger partial charge in [-0.05, 0) is 12.1 Å². The molecule has 0 radical (unpaired) electrons. The van der Waals surface area contributed by atoms with Gasteiger partial charge in [-0.2, -0.15) is 5.10 Å². The lowest BCUT2D eigenvalue weighted by atomic mass is 9.95. The standard InChI is InChI=1S/C16H11F2N5O/c17-10-1-2-11(14(18)3-10)13-6-24-15-4-19-7-21-16(15)12(13)5-23-9-20-8-22-23/h1-4,7-9H,5-6H2. The second-order valence-corrected chi connectivity index (χ2v) is 5.20. The molecule has 2 aromatic heterocycles. The number of benzene rings is 1. The molecule has 0 amide bonds. The molecule has 0 aliphatic carbocycles. The van der Waals surface area contributed by atoms with Crippen LogP contribution in [0.2, 0.25) is 0 Å². The van der Waals surface area contributed by atoms with Crippen LogP contribution in [0.1, 0.15) is 11.3 Å². The van der Waals surface area contributed by atoms with Crippen LogP contribution < -0.4 is 4.74 Å². The number of hydrogen-bond donors (Lipinski definition) is 0. The SMILES string of the molecule is Fc1ccc(C2=C(Cn3cncn3)c3ncncc3OC2)c(F)c1. The van der Waals surface area contributed by atoms with Gasteiger partial charge in [-0.15, -0.1) is 0 Å². The maximum atomic E-state index is 14.3. The number of fused-ring (bicyclic) bond motifs is 1. The molecule has 24 heavy (non-hydrogen) atoms. The van der Waals surface area contributed by atoms with E-state index in [4.69, 9.17) is 4.74 Å². The van der Waals surface area contributed by atoms with Crippen molar-refractivity contribution in [2.24, 2.45) is 0 Å². The molecule has 0 atom stereocenters. The zero-order chi connectivity index (χ0) is 16.5. The summed E-state index contributed by atoms with van der Waals surface area (Å²) in [4.78, 5) is 12.1. The van der Waals surface area contributed by atoms with Gasteiger partial charge in [0.25, 0.3) is 0 Å². The van der Waals surface area contributed by atoms with Crippen LogP contribution in [-0.2, 0) is 6.54 Å². The molecule has 3 aromatic rings. The molecular weight excluding hydrogens is 316 g/mol. The fourth-order valence-corrected chi connectivity index (χ4v) is 2.65. The van der Waals surface area contributed by atoms with Gasteiger partial charge in [-0.1, -0.05) is 0 Å². The van der Waals surface area contributed by atoms with Crippen molar-refractivity contribution in [3.8, 4) is 5.75 Å². The summed E-state index contributed by atoms with van der Waals surface area (Å²) >= 11 is 0. The third-order valence-corrected chi connectivity index (χ3v) is 3.74. The molecule has 120 valence electrons. The fourth-order valence-electron chi connectivity index (χ4n) is 2.65. The Kier molecular flexibility index (Phi) is 3.49. The quantitative estimate of drug-likeness (QED) is 0.739. The number of allylic oxidation sites excluding steroid dienone is 1. The van der Waals surface area contributed by atoms with E-state index in [0.29, 0.717) is 23.6 Å². The first-order valence-electron chi connectivity index (χ1n) is 7.15. The maximum absolute atomic E-state index is 14.3. The van der Waals surface area contributed by atoms with E-state index in [1.165, 1.54) is 24.8 Å². The summed E-state index contributed by atoms with van der Waals surface area (Å²) in [5.74, 6) is -0.768. The predicted octanol–water partition coefficient (Wildman–Crippen LogP) is 2.35. The molecule has 0 saturated carbocycles. The van der Waals surface area contributed by atoms with E-state index in [1.807, 2.05) is 0 Å². The summed E-state index contributed by atoms with van der Waals surface area (Å²) in [6.07, 6.45) is 5.93. The molecule has 0 N–H and O–H groups in total. The molecule has 1 aromatic carbocycles. The molecule has 1 aliphatic rings. The smallest absolute Gasteiger partial charge is 0.164 e. The van der Waals surface area contributed by atoms with Crippen LogP contribution in [0.4, 0.5) is 8.78 Å². The second kappa shape index (κ2) is 5.80. The van der Waals surface area contributed by atoms with Crippen LogP contribution in [-0.4, -0.2) is 31.3 Å². The minimum Gasteiger partial charge on any atom is -0.485 e. The highest BCUT2D eigenvalue weighted by atomic mass is 19.1. The second-order valence-electron chi connectivity index (χ2n) is 5.20. The van der Waals surface area contributed by atoms with Gasteiger partial charge >= 0.3 is 0 Å². The van der Waals surface area contributed by atoms with Crippen molar-refractivity contribution >= 4 is 11.1 Å². The number of aromatic nitrogens is 5. The lowest BCUT2D eigenvalue weighted by molar-refractivity contribution is 0.359. The summed E-state index contributed by atoms with van der Waals surface area (Å²) in [6.45, 7) is 0.465. The van der Waals surface area contributed by atoms with Gasteiger partial charge in [0.05, 0.1) is 12.7 Å². The summed E-state index contributed by atoms with van der Waals surface area (Å²) in [6, 6.07) is 3.47. The van der Waals surface area contributed by atoms with Gasteiger partial charge in [0, 0.05) is 22.8 Å². The van der Waals surface area contributed by atoms with Crippen molar-refractivity contribution in [2.45, 2.75) is 6.54 Å². The molecule has 1 aliphatic heterocycles. The molecule has 0 unspecified atom stereocenters. The Morgan fingerprint density at radius 3 is 2.88 bits per heavy atom. The van der Waals surface area contributed by atoms with E-state index in [1.54, 1.807) is 17.2 Å². The monoisotopic (exact) mass is 327 g/mol. The van der Waals surface area contributed by atoms with Crippen molar-refractivity contribution in [1.82, 2.24) is 24.7 Å². The van der Waals surface area contributed by atoms with Crippen LogP contribution in [0.25, 0.3) is 11.1 Å². The average molecular weight is 327 g/mol. The van der Waals surface area contributed by atoms with Gasteiger partial charge in [0.2, 0.25) is 0 Å². The van der Waals surface area contributed by atoms with Gasteiger partial charge < -0.3 is 4.74 Å². The van der Waals surface area contributed by atoms with Crippen LogP contribution in [0.15, 0.2) is 43.4 Å². The first-order chi connectivity index (χ1) is 11.7. The summed E-state index contributed by atoms with van der Waals surface area (Å²) in [5, 5.41) is 4.08. The van der Waals surface area contributed by atoms with E-state index in [0.717, 1.165) is 11.6 Å². The normalized spacial score (nSPS) is 13.6. The molecule has 4 rings (SSSR count). The van der Waals surface area contributed by atoms with Gasteiger partial charge in [-0.3, -0.25) is 0 Å². The lowest BCUT2D eigenvalue weighted by Crippen LogP contribution is -2.16. The Balaban J connectivity index is 1.90. The Morgan fingerprint density at radius 2 is 2.08 bits per heavy atom. The van der Waals surface area contributed by atoms with Crippen LogP contribution >= 0.6 is 0 Å². The summed E-state index contributed by atoms with van der Waals surface area (Å²) < 4.78 is 34.7. The fraction of sp³-hybridized carbons (Fsp3) is 0.125. The zero-order valence-electron chi connectivity index (χ0n) is 12.4. The molecule has 0 saturated heterocycles. The summed E-state index contributed by atoms with van der Waals surface area (Å²) in [5.41, 5.74) is 2.16. The summed E-state index contributed by atoms with van der Waals surface area (Å²) in [7, 11) is 0. The van der Waals surface area contributed by atoms with E-state index < -0.39 is 11.6 Å². The number of halogens is 2. The minimum atomic E-state index is -0.651. The Hall–Kier alpha value is -3.16. The van der Waals surface area contributed by atoms with E-state index in [2.05, 4.69) is 20.1 Å². The molecule has 0 fully saturated rings. The number of hydrogen-bond acceptors (Lipinski definition) is 5. The average Bonchev–Trinajstić information content (AvgIpc) is 3.09. The maximum Gasteiger partial charge on any atom is 0.164 e. The van der Waals surface area contributed by atoms with Crippen LogP contribution in [0.3, 0.4) is 0 Å². The van der Waals surface area contributed by atoms with Crippen molar-refractivity contribution in [3.05, 3.63) is 66.3 Å². The number of rotatable bonds is 3. The van der Waals surface area contributed by atoms with Crippen LogP contribution in [0, 0.1) is 11.6 Å². The minimum absolute atomic E-state index is 0.132. The molecular formula is C16H11F2N5O. The van der Waals surface area contributed by atoms with Gasteiger partial charge in [-0.25, -0.2) is 28.4 Å². The number of ether oxygens (including phenoxy) is 1. The molecule has 6 nitrogen and oxygen atoms in total. The van der Waals surface area contributed by atoms with Crippen molar-refractivity contribution in [2.75, 3.05) is 6.61 Å². The first-order valence-corrected chi connectivity index (χ1v) is 7.15. The largest absolute Gasteiger partial charge is 0.485 e. The third-order valence-electron chi connectivity index (χ3n) is 3.74. The molecule has 8 heteroatoms. The Bertz CT molecular complexity index is 924. The Morgan fingerprint density at radius 1 is 1.17 bits per heavy atom. The molecule has 0 spiro atoms. The number of nitrogens with zero attached hydrogens (tertiary/aromatic N) is 5. The third kappa shape index (κ3) is 2.51. The van der Waals surface area contributed by atoms with Crippen molar-refractivity contribution < 1.29 is 13.5 Å². The van der Waals surface area contributed by atoms with Crippen molar-refractivity contribution in [3.63, 3.8) is 0 Å². The van der Waals surface area contributed by atoms with Crippen molar-refractivity contribution in [1.29, 1.82) is 0 Å². The van der Waals surface area contributed by atoms with Crippen LogP contribution in [0.5, 0.6) is 5.75 Å². The first kappa shape index (κ1) is 14.4. The Labute approximate surface area is 135 Å². The van der Waals surface area contributed by atoms with Gasteiger partial charge in [0.1, 0.15) is 42.9 Å². The highest BCUT2D eigenvalue weighted by molar-refractivity contribution is 5.93. The molecule has 3 heterocycles. The van der Waals surface area contributed by atoms with E-state index in [-0.39, 0.29) is 12.2 Å². The highest BCUT2D eigenvalue weighted by Gasteiger charge is 2.25. The topological polar surface area (TPSA) is 65.7 Å². The predicted molar refractivity (Wildman–Crippen MR) is 80.7 cm³/mol. The van der Waals surface area contributed by atoms with E-state index in [9.17, 15) is 8.78 Å². The molecule has 0 bridgehead atoms. The zero-order valence-corrected chi connectivity index (χ0v) is 12.4.